The monoisotopic (exact) mass is 432 g/mol. The van der Waals surface area contributed by atoms with Gasteiger partial charge in [-0.15, -0.1) is 0 Å². The van der Waals surface area contributed by atoms with Crippen molar-refractivity contribution in [3.8, 4) is 11.6 Å². The number of nitro groups is 1. The SMILES string of the molecule is O=C(c1cccnc1Oc1ccccc1)N1CCCN(Cc2cccc([N+](=O)[O-])c2)CC1. The molecule has 2 aromatic carbocycles. The van der Waals surface area contributed by atoms with Crippen molar-refractivity contribution in [3.05, 3.63) is 94.2 Å². The lowest BCUT2D eigenvalue weighted by Crippen LogP contribution is -2.35. The van der Waals surface area contributed by atoms with Crippen LogP contribution in [0.25, 0.3) is 0 Å². The van der Waals surface area contributed by atoms with Gasteiger partial charge >= 0.3 is 0 Å². The van der Waals surface area contributed by atoms with Crippen LogP contribution < -0.4 is 4.74 Å². The van der Waals surface area contributed by atoms with Crippen molar-refractivity contribution in [2.45, 2.75) is 13.0 Å². The van der Waals surface area contributed by atoms with Gasteiger partial charge in [-0.2, -0.15) is 0 Å². The molecule has 32 heavy (non-hydrogen) atoms. The minimum atomic E-state index is -0.380. The van der Waals surface area contributed by atoms with Gasteiger partial charge in [0.1, 0.15) is 11.3 Å². The highest BCUT2D eigenvalue weighted by molar-refractivity contribution is 5.96. The fourth-order valence-electron chi connectivity index (χ4n) is 3.76. The van der Waals surface area contributed by atoms with Crippen LogP contribution in [0.2, 0.25) is 0 Å². The van der Waals surface area contributed by atoms with Crippen LogP contribution in [0, 0.1) is 10.1 Å². The lowest BCUT2D eigenvalue weighted by molar-refractivity contribution is -0.384. The number of ether oxygens (including phenoxy) is 1. The molecule has 0 radical (unpaired) electrons. The molecule has 0 aliphatic carbocycles. The zero-order chi connectivity index (χ0) is 22.3. The van der Waals surface area contributed by atoms with Gasteiger partial charge in [-0.3, -0.25) is 19.8 Å². The summed E-state index contributed by atoms with van der Waals surface area (Å²) in [5, 5.41) is 11.0. The van der Waals surface area contributed by atoms with E-state index in [0.717, 1.165) is 18.5 Å². The summed E-state index contributed by atoms with van der Waals surface area (Å²) in [4.78, 5) is 32.2. The number of amides is 1. The number of rotatable bonds is 6. The van der Waals surface area contributed by atoms with E-state index in [2.05, 4.69) is 9.88 Å². The second-order valence-corrected chi connectivity index (χ2v) is 7.62. The lowest BCUT2D eigenvalue weighted by Gasteiger charge is -2.22. The minimum absolute atomic E-state index is 0.0941. The predicted molar refractivity (Wildman–Crippen MR) is 120 cm³/mol. The molecule has 0 N–H and O–H groups in total. The molecule has 1 saturated heterocycles. The molecule has 164 valence electrons. The Morgan fingerprint density at radius 2 is 1.84 bits per heavy atom. The number of hydrogen-bond donors (Lipinski definition) is 0. The first kappa shape index (κ1) is 21.5. The first-order chi connectivity index (χ1) is 15.6. The highest BCUT2D eigenvalue weighted by atomic mass is 16.6. The molecule has 1 aliphatic rings. The van der Waals surface area contributed by atoms with Crippen molar-refractivity contribution in [1.29, 1.82) is 0 Å². The molecule has 0 atom stereocenters. The second kappa shape index (κ2) is 10.0. The number of nitrogens with zero attached hydrogens (tertiary/aromatic N) is 4. The minimum Gasteiger partial charge on any atom is -0.438 e. The van der Waals surface area contributed by atoms with Crippen LogP contribution in [0.15, 0.2) is 72.9 Å². The Hall–Kier alpha value is -3.78. The first-order valence-electron chi connectivity index (χ1n) is 10.5. The molecule has 3 aromatic rings. The predicted octanol–water partition coefficient (Wildman–Crippen LogP) is 4.13. The Kier molecular flexibility index (Phi) is 6.72. The van der Waals surface area contributed by atoms with Crippen molar-refractivity contribution < 1.29 is 14.5 Å². The maximum atomic E-state index is 13.3. The molecule has 1 fully saturated rings. The Morgan fingerprint density at radius 1 is 1.00 bits per heavy atom. The first-order valence-corrected chi connectivity index (χ1v) is 10.5. The van der Waals surface area contributed by atoms with Gasteiger partial charge in [0.05, 0.1) is 4.92 Å². The number of non-ortho nitro benzene ring substituents is 1. The van der Waals surface area contributed by atoms with Gasteiger partial charge < -0.3 is 9.64 Å². The van der Waals surface area contributed by atoms with Gasteiger partial charge in [-0.05, 0) is 36.2 Å². The normalized spacial score (nSPS) is 14.6. The number of carbonyl (C=O) groups excluding carboxylic acids is 1. The summed E-state index contributed by atoms with van der Waals surface area (Å²) >= 11 is 0. The number of carbonyl (C=O) groups is 1. The van der Waals surface area contributed by atoms with Crippen molar-refractivity contribution in [2.24, 2.45) is 0 Å². The van der Waals surface area contributed by atoms with Crippen LogP contribution in [-0.2, 0) is 6.54 Å². The topological polar surface area (TPSA) is 88.8 Å². The summed E-state index contributed by atoms with van der Waals surface area (Å²) in [5.74, 6) is 0.807. The van der Waals surface area contributed by atoms with E-state index >= 15 is 0 Å². The van der Waals surface area contributed by atoms with Crippen molar-refractivity contribution in [1.82, 2.24) is 14.8 Å². The Balaban J connectivity index is 1.42. The Bertz CT molecular complexity index is 1090. The van der Waals surface area contributed by atoms with Gasteiger partial charge in [0.2, 0.25) is 5.88 Å². The van der Waals surface area contributed by atoms with E-state index in [-0.39, 0.29) is 16.5 Å². The summed E-state index contributed by atoms with van der Waals surface area (Å²) in [6.45, 7) is 3.30. The van der Waals surface area contributed by atoms with E-state index in [9.17, 15) is 14.9 Å². The molecule has 8 nitrogen and oxygen atoms in total. The third-order valence-corrected chi connectivity index (χ3v) is 5.36. The van der Waals surface area contributed by atoms with Crippen LogP contribution in [0.5, 0.6) is 11.6 Å². The zero-order valence-corrected chi connectivity index (χ0v) is 17.6. The van der Waals surface area contributed by atoms with Crippen molar-refractivity contribution in [2.75, 3.05) is 26.2 Å². The standard InChI is InChI=1S/C24H24N4O4/c29-24(22-11-5-12-25-23(22)32-21-9-2-1-3-10-21)27-14-6-13-26(15-16-27)18-19-7-4-8-20(17-19)28(30)31/h1-5,7-12,17H,6,13-16,18H2. The molecule has 4 rings (SSSR count). The molecule has 8 heteroatoms. The number of benzene rings is 2. The summed E-state index contributed by atoms with van der Waals surface area (Å²) in [5.41, 5.74) is 1.42. The smallest absolute Gasteiger partial charge is 0.269 e. The molecule has 1 aromatic heterocycles. The second-order valence-electron chi connectivity index (χ2n) is 7.62. The third-order valence-electron chi connectivity index (χ3n) is 5.36. The number of pyridine rings is 1. The summed E-state index contributed by atoms with van der Waals surface area (Å²) < 4.78 is 5.86. The summed E-state index contributed by atoms with van der Waals surface area (Å²) in [6.07, 6.45) is 2.42. The van der Waals surface area contributed by atoms with Crippen LogP contribution in [-0.4, -0.2) is 51.8 Å². The van der Waals surface area contributed by atoms with E-state index in [1.165, 1.54) is 6.07 Å². The lowest BCUT2D eigenvalue weighted by atomic mass is 10.2. The molecular formula is C24H24N4O4. The van der Waals surface area contributed by atoms with Gasteiger partial charge in [0.25, 0.3) is 11.6 Å². The number of nitro benzene ring substituents is 1. The van der Waals surface area contributed by atoms with Crippen LogP contribution in [0.3, 0.4) is 0 Å². The zero-order valence-electron chi connectivity index (χ0n) is 17.6. The van der Waals surface area contributed by atoms with Gasteiger partial charge in [-0.25, -0.2) is 4.98 Å². The van der Waals surface area contributed by atoms with Crippen molar-refractivity contribution in [3.63, 3.8) is 0 Å². The summed E-state index contributed by atoms with van der Waals surface area (Å²) in [7, 11) is 0. The number of para-hydroxylation sites is 1. The molecule has 0 bridgehead atoms. The van der Waals surface area contributed by atoms with E-state index in [1.807, 2.05) is 41.3 Å². The maximum absolute atomic E-state index is 13.3. The fraction of sp³-hybridized carbons (Fsp3) is 0.250. The molecule has 0 unspecified atom stereocenters. The molecular weight excluding hydrogens is 408 g/mol. The van der Waals surface area contributed by atoms with Crippen LogP contribution in [0.1, 0.15) is 22.3 Å². The Labute approximate surface area is 186 Å². The highest BCUT2D eigenvalue weighted by Gasteiger charge is 2.24. The maximum Gasteiger partial charge on any atom is 0.269 e. The van der Waals surface area contributed by atoms with E-state index < -0.39 is 0 Å². The third kappa shape index (κ3) is 5.28. The van der Waals surface area contributed by atoms with E-state index in [1.54, 1.807) is 30.5 Å². The van der Waals surface area contributed by atoms with Gasteiger partial charge in [0.15, 0.2) is 0 Å². The van der Waals surface area contributed by atoms with Crippen LogP contribution >= 0.6 is 0 Å². The average Bonchev–Trinajstić information content (AvgIpc) is 3.05. The fourth-order valence-corrected chi connectivity index (χ4v) is 3.76. The summed E-state index contributed by atoms with van der Waals surface area (Å²) in [6, 6.07) is 19.4. The van der Waals surface area contributed by atoms with Crippen LogP contribution in [0.4, 0.5) is 5.69 Å². The number of aromatic nitrogens is 1. The number of hydrogen-bond acceptors (Lipinski definition) is 6. The molecule has 1 amide bonds. The Morgan fingerprint density at radius 3 is 2.66 bits per heavy atom. The molecule has 1 aliphatic heterocycles. The van der Waals surface area contributed by atoms with Crippen molar-refractivity contribution >= 4 is 11.6 Å². The highest BCUT2D eigenvalue weighted by Crippen LogP contribution is 2.24. The van der Waals surface area contributed by atoms with E-state index in [0.29, 0.717) is 43.4 Å². The largest absolute Gasteiger partial charge is 0.438 e. The average molecular weight is 432 g/mol. The molecule has 0 spiro atoms. The molecule has 0 saturated carbocycles. The van der Waals surface area contributed by atoms with Gasteiger partial charge in [0, 0.05) is 51.1 Å². The quantitative estimate of drug-likeness (QED) is 0.430. The van der Waals surface area contributed by atoms with Gasteiger partial charge in [-0.1, -0.05) is 30.3 Å². The van der Waals surface area contributed by atoms with E-state index in [4.69, 9.17) is 4.74 Å². The molecule has 2 heterocycles.